The smallest absolute Gasteiger partial charge is 0.126 e. The predicted octanol–water partition coefficient (Wildman–Crippen LogP) is 4.00. The average molecular weight is 275 g/mol. The standard InChI is InChI=1S/C17H19F2N/c1-11-4-5-12(2)13(6-11)10-17(3,20)14-7-15(18)9-16(19)8-14/h4-9H,10,20H2,1-3H3. The summed E-state index contributed by atoms with van der Waals surface area (Å²) in [4.78, 5) is 0. The zero-order chi connectivity index (χ0) is 14.9. The molecule has 2 N–H and O–H groups in total. The minimum absolute atomic E-state index is 0.468. The molecule has 20 heavy (non-hydrogen) atoms. The first-order chi connectivity index (χ1) is 9.28. The van der Waals surface area contributed by atoms with Crippen molar-refractivity contribution < 1.29 is 8.78 Å². The summed E-state index contributed by atoms with van der Waals surface area (Å²) >= 11 is 0. The van der Waals surface area contributed by atoms with Gasteiger partial charge in [-0.2, -0.15) is 0 Å². The zero-order valence-corrected chi connectivity index (χ0v) is 12.0. The zero-order valence-electron chi connectivity index (χ0n) is 12.0. The van der Waals surface area contributed by atoms with Crippen LogP contribution in [0.15, 0.2) is 36.4 Å². The molecule has 2 rings (SSSR count). The van der Waals surface area contributed by atoms with Crippen LogP contribution in [0.4, 0.5) is 8.78 Å². The van der Waals surface area contributed by atoms with E-state index in [9.17, 15) is 8.78 Å². The molecule has 0 bridgehead atoms. The maximum absolute atomic E-state index is 13.3. The van der Waals surface area contributed by atoms with E-state index >= 15 is 0 Å². The minimum Gasteiger partial charge on any atom is -0.321 e. The summed E-state index contributed by atoms with van der Waals surface area (Å²) in [5.74, 6) is -1.20. The summed E-state index contributed by atoms with van der Waals surface area (Å²) in [5.41, 5.74) is 9.31. The van der Waals surface area contributed by atoms with Gasteiger partial charge in [0, 0.05) is 11.6 Å². The molecule has 0 radical (unpaired) electrons. The Bertz CT molecular complexity index is 613. The molecule has 3 heteroatoms. The van der Waals surface area contributed by atoms with E-state index in [-0.39, 0.29) is 0 Å². The fourth-order valence-corrected chi connectivity index (χ4v) is 2.37. The van der Waals surface area contributed by atoms with Gasteiger partial charge in [-0.15, -0.1) is 0 Å². The molecule has 0 fully saturated rings. The number of aryl methyl sites for hydroxylation is 2. The van der Waals surface area contributed by atoms with Crippen molar-refractivity contribution in [3.05, 3.63) is 70.3 Å². The first-order valence-corrected chi connectivity index (χ1v) is 6.59. The van der Waals surface area contributed by atoms with Crippen molar-refractivity contribution >= 4 is 0 Å². The van der Waals surface area contributed by atoms with Gasteiger partial charge >= 0.3 is 0 Å². The third-order valence-corrected chi connectivity index (χ3v) is 3.58. The molecular formula is C17H19F2N. The lowest BCUT2D eigenvalue weighted by Crippen LogP contribution is -2.36. The van der Waals surface area contributed by atoms with Crippen LogP contribution in [-0.2, 0) is 12.0 Å². The third kappa shape index (κ3) is 3.23. The molecule has 0 aromatic heterocycles. The van der Waals surface area contributed by atoms with E-state index in [1.807, 2.05) is 26.0 Å². The van der Waals surface area contributed by atoms with Gasteiger partial charge in [-0.25, -0.2) is 8.78 Å². The topological polar surface area (TPSA) is 26.0 Å². The molecule has 0 saturated carbocycles. The highest BCUT2D eigenvalue weighted by Crippen LogP contribution is 2.26. The van der Waals surface area contributed by atoms with Gasteiger partial charge in [0.25, 0.3) is 0 Å². The summed E-state index contributed by atoms with van der Waals surface area (Å²) < 4.78 is 26.7. The summed E-state index contributed by atoms with van der Waals surface area (Å²) in [7, 11) is 0. The van der Waals surface area contributed by atoms with Crippen molar-refractivity contribution in [3.63, 3.8) is 0 Å². The highest BCUT2D eigenvalue weighted by Gasteiger charge is 2.24. The number of hydrogen-bond donors (Lipinski definition) is 1. The minimum atomic E-state index is -0.818. The molecule has 0 saturated heterocycles. The van der Waals surface area contributed by atoms with Gasteiger partial charge in [-0.1, -0.05) is 23.8 Å². The molecule has 2 aromatic rings. The SMILES string of the molecule is Cc1ccc(C)c(CC(C)(N)c2cc(F)cc(F)c2)c1. The highest BCUT2D eigenvalue weighted by molar-refractivity contribution is 5.34. The lowest BCUT2D eigenvalue weighted by molar-refractivity contribution is 0.477. The van der Waals surface area contributed by atoms with E-state index in [0.29, 0.717) is 12.0 Å². The number of halogens is 2. The summed E-state index contributed by atoms with van der Waals surface area (Å²) in [6.45, 7) is 5.82. The number of rotatable bonds is 3. The van der Waals surface area contributed by atoms with E-state index < -0.39 is 17.2 Å². The Labute approximate surface area is 118 Å². The summed E-state index contributed by atoms with van der Waals surface area (Å²) in [5, 5.41) is 0. The molecule has 2 aromatic carbocycles. The van der Waals surface area contributed by atoms with Crippen molar-refractivity contribution in [1.29, 1.82) is 0 Å². The Morgan fingerprint density at radius 3 is 2.20 bits per heavy atom. The largest absolute Gasteiger partial charge is 0.321 e. The van der Waals surface area contributed by atoms with Crippen molar-refractivity contribution in [2.24, 2.45) is 5.73 Å². The maximum Gasteiger partial charge on any atom is 0.126 e. The van der Waals surface area contributed by atoms with Crippen LogP contribution in [0.1, 0.15) is 29.2 Å². The Hall–Kier alpha value is -1.74. The van der Waals surface area contributed by atoms with Crippen molar-refractivity contribution in [2.45, 2.75) is 32.7 Å². The quantitative estimate of drug-likeness (QED) is 0.900. The Morgan fingerprint density at radius 2 is 1.60 bits per heavy atom. The molecule has 0 amide bonds. The van der Waals surface area contributed by atoms with E-state index in [1.165, 1.54) is 12.1 Å². The molecule has 0 spiro atoms. The normalized spacial score (nSPS) is 14.1. The van der Waals surface area contributed by atoms with E-state index in [0.717, 1.165) is 22.8 Å². The molecule has 0 heterocycles. The van der Waals surface area contributed by atoms with Crippen molar-refractivity contribution in [1.82, 2.24) is 0 Å². The Morgan fingerprint density at radius 1 is 1.00 bits per heavy atom. The maximum atomic E-state index is 13.3. The van der Waals surface area contributed by atoms with Gasteiger partial charge < -0.3 is 5.73 Å². The van der Waals surface area contributed by atoms with E-state index in [1.54, 1.807) is 6.92 Å². The molecule has 0 aliphatic heterocycles. The van der Waals surface area contributed by atoms with Crippen LogP contribution in [0.25, 0.3) is 0 Å². The lowest BCUT2D eigenvalue weighted by Gasteiger charge is -2.26. The van der Waals surface area contributed by atoms with Crippen molar-refractivity contribution in [3.8, 4) is 0 Å². The Kier molecular flexibility index (Phi) is 3.91. The second kappa shape index (κ2) is 5.33. The molecule has 106 valence electrons. The van der Waals surface area contributed by atoms with Crippen molar-refractivity contribution in [2.75, 3.05) is 0 Å². The predicted molar refractivity (Wildman–Crippen MR) is 77.5 cm³/mol. The fraction of sp³-hybridized carbons (Fsp3) is 0.294. The van der Waals surface area contributed by atoms with Crippen LogP contribution in [-0.4, -0.2) is 0 Å². The Balaban J connectivity index is 2.37. The molecular weight excluding hydrogens is 256 g/mol. The van der Waals surface area contributed by atoms with Crippen LogP contribution in [0, 0.1) is 25.5 Å². The second-order valence-electron chi connectivity index (χ2n) is 5.68. The van der Waals surface area contributed by atoms with Gasteiger partial charge in [-0.3, -0.25) is 0 Å². The molecule has 1 atom stereocenters. The van der Waals surface area contributed by atoms with Crippen LogP contribution >= 0.6 is 0 Å². The van der Waals surface area contributed by atoms with E-state index in [4.69, 9.17) is 5.73 Å². The van der Waals surface area contributed by atoms with Gasteiger partial charge in [-0.05, 0) is 56.0 Å². The average Bonchev–Trinajstić information content (AvgIpc) is 2.32. The molecule has 1 nitrogen and oxygen atoms in total. The first kappa shape index (κ1) is 14.7. The van der Waals surface area contributed by atoms with E-state index in [2.05, 4.69) is 6.07 Å². The van der Waals surface area contributed by atoms with Crippen LogP contribution < -0.4 is 5.73 Å². The van der Waals surface area contributed by atoms with Crippen LogP contribution in [0.3, 0.4) is 0 Å². The number of hydrogen-bond acceptors (Lipinski definition) is 1. The second-order valence-corrected chi connectivity index (χ2v) is 5.68. The van der Waals surface area contributed by atoms with Crippen LogP contribution in [0.5, 0.6) is 0 Å². The third-order valence-electron chi connectivity index (χ3n) is 3.58. The summed E-state index contributed by atoms with van der Waals surface area (Å²) in [6, 6.07) is 9.59. The van der Waals surface area contributed by atoms with Crippen LogP contribution in [0.2, 0.25) is 0 Å². The van der Waals surface area contributed by atoms with Gasteiger partial charge in [0.2, 0.25) is 0 Å². The molecule has 1 unspecified atom stereocenters. The van der Waals surface area contributed by atoms with Gasteiger partial charge in [0.05, 0.1) is 0 Å². The lowest BCUT2D eigenvalue weighted by atomic mass is 9.85. The summed E-state index contributed by atoms with van der Waals surface area (Å²) in [6.07, 6.45) is 0.531. The van der Waals surface area contributed by atoms with Gasteiger partial charge in [0.1, 0.15) is 11.6 Å². The first-order valence-electron chi connectivity index (χ1n) is 6.59. The van der Waals surface area contributed by atoms with Gasteiger partial charge in [0.15, 0.2) is 0 Å². The number of nitrogens with two attached hydrogens (primary N) is 1. The molecule has 0 aliphatic carbocycles. The fourth-order valence-electron chi connectivity index (χ4n) is 2.37. The monoisotopic (exact) mass is 275 g/mol. The molecule has 0 aliphatic rings. The number of benzene rings is 2. The highest BCUT2D eigenvalue weighted by atomic mass is 19.1.